The van der Waals surface area contributed by atoms with Crippen LogP contribution in [0, 0.1) is 13.8 Å². The highest BCUT2D eigenvalue weighted by atomic mass is 16.5. The van der Waals surface area contributed by atoms with Crippen LogP contribution in [0.2, 0.25) is 0 Å². The lowest BCUT2D eigenvalue weighted by Crippen LogP contribution is -2.12. The van der Waals surface area contributed by atoms with Gasteiger partial charge in [-0.1, -0.05) is 11.6 Å². The van der Waals surface area contributed by atoms with Crippen molar-refractivity contribution in [2.24, 2.45) is 0 Å². The molecule has 0 atom stereocenters. The van der Waals surface area contributed by atoms with Crippen molar-refractivity contribution in [3.8, 4) is 5.75 Å². The van der Waals surface area contributed by atoms with Gasteiger partial charge in [0.2, 0.25) is 0 Å². The van der Waals surface area contributed by atoms with Crippen LogP contribution in [-0.4, -0.2) is 18.0 Å². The maximum absolute atomic E-state index is 12.5. The number of fused-ring (bicyclic) bond motifs is 1. The SMILES string of the molecule is COc1ccc(C(=O)Nc2ccnc3c(C)cc(C)cc23)cc1. The maximum atomic E-state index is 12.5. The third kappa shape index (κ3) is 3.01. The van der Waals surface area contributed by atoms with Gasteiger partial charge < -0.3 is 10.1 Å². The molecule has 0 saturated heterocycles. The Bertz CT molecular complexity index is 870. The molecule has 1 amide bonds. The summed E-state index contributed by atoms with van der Waals surface area (Å²) in [5, 5.41) is 3.92. The maximum Gasteiger partial charge on any atom is 0.255 e. The van der Waals surface area contributed by atoms with Crippen LogP contribution in [0.25, 0.3) is 10.9 Å². The van der Waals surface area contributed by atoms with Crippen molar-refractivity contribution >= 4 is 22.5 Å². The molecule has 0 bridgehead atoms. The highest BCUT2D eigenvalue weighted by Gasteiger charge is 2.10. The molecule has 0 aliphatic carbocycles. The quantitative estimate of drug-likeness (QED) is 0.792. The molecule has 116 valence electrons. The Balaban J connectivity index is 1.96. The van der Waals surface area contributed by atoms with Gasteiger partial charge in [0.1, 0.15) is 5.75 Å². The number of hydrogen-bond acceptors (Lipinski definition) is 3. The van der Waals surface area contributed by atoms with Crippen LogP contribution in [0.4, 0.5) is 5.69 Å². The first-order chi connectivity index (χ1) is 11.1. The van der Waals surface area contributed by atoms with Crippen LogP contribution in [-0.2, 0) is 0 Å². The van der Waals surface area contributed by atoms with Gasteiger partial charge in [-0.25, -0.2) is 0 Å². The first-order valence-electron chi connectivity index (χ1n) is 7.40. The molecule has 3 rings (SSSR count). The second-order valence-corrected chi connectivity index (χ2v) is 5.52. The molecule has 0 aliphatic heterocycles. The first-order valence-corrected chi connectivity index (χ1v) is 7.40. The zero-order chi connectivity index (χ0) is 16.4. The van der Waals surface area contributed by atoms with Crippen LogP contribution >= 0.6 is 0 Å². The van der Waals surface area contributed by atoms with Crippen molar-refractivity contribution in [3.05, 3.63) is 65.4 Å². The molecule has 0 spiro atoms. The van der Waals surface area contributed by atoms with Crippen molar-refractivity contribution in [1.29, 1.82) is 0 Å². The number of aryl methyl sites for hydroxylation is 2. The van der Waals surface area contributed by atoms with Crippen LogP contribution in [0.3, 0.4) is 0 Å². The summed E-state index contributed by atoms with van der Waals surface area (Å²) in [4.78, 5) is 16.9. The minimum atomic E-state index is -0.153. The fraction of sp³-hybridized carbons (Fsp3) is 0.158. The number of ether oxygens (including phenoxy) is 1. The zero-order valence-electron chi connectivity index (χ0n) is 13.4. The predicted molar refractivity (Wildman–Crippen MR) is 92.2 cm³/mol. The molecule has 23 heavy (non-hydrogen) atoms. The monoisotopic (exact) mass is 306 g/mol. The lowest BCUT2D eigenvalue weighted by molar-refractivity contribution is 0.102. The summed E-state index contributed by atoms with van der Waals surface area (Å²) in [5.41, 5.74) is 4.49. The number of anilines is 1. The highest BCUT2D eigenvalue weighted by molar-refractivity contribution is 6.09. The fourth-order valence-electron chi connectivity index (χ4n) is 2.66. The number of pyridine rings is 1. The molecule has 0 aliphatic rings. The molecule has 1 aromatic heterocycles. The Morgan fingerprint density at radius 2 is 1.83 bits per heavy atom. The minimum absolute atomic E-state index is 0.153. The van der Waals surface area contributed by atoms with Gasteiger partial charge in [0.25, 0.3) is 5.91 Å². The van der Waals surface area contributed by atoms with Crippen molar-refractivity contribution < 1.29 is 9.53 Å². The first kappa shape index (κ1) is 15.0. The van der Waals surface area contributed by atoms with E-state index < -0.39 is 0 Å². The van der Waals surface area contributed by atoms with E-state index in [0.29, 0.717) is 5.56 Å². The Morgan fingerprint density at radius 1 is 1.09 bits per heavy atom. The van der Waals surface area contributed by atoms with Crippen molar-refractivity contribution in [3.63, 3.8) is 0 Å². The molecule has 2 aromatic carbocycles. The van der Waals surface area contributed by atoms with Gasteiger partial charge in [-0.15, -0.1) is 0 Å². The Kier molecular flexibility index (Phi) is 3.98. The molecule has 1 N–H and O–H groups in total. The predicted octanol–water partition coefficient (Wildman–Crippen LogP) is 4.11. The number of rotatable bonds is 3. The third-order valence-corrected chi connectivity index (χ3v) is 3.78. The second kappa shape index (κ2) is 6.08. The summed E-state index contributed by atoms with van der Waals surface area (Å²) in [6.45, 7) is 4.06. The molecule has 0 unspecified atom stereocenters. The van der Waals surface area contributed by atoms with E-state index in [4.69, 9.17) is 4.74 Å². The van der Waals surface area contributed by atoms with Crippen molar-refractivity contribution in [1.82, 2.24) is 4.98 Å². The number of methoxy groups -OCH3 is 1. The number of amides is 1. The lowest BCUT2D eigenvalue weighted by Gasteiger charge is -2.11. The summed E-state index contributed by atoms with van der Waals surface area (Å²) >= 11 is 0. The third-order valence-electron chi connectivity index (χ3n) is 3.78. The number of nitrogens with one attached hydrogen (secondary N) is 1. The van der Waals surface area contributed by atoms with Crippen LogP contribution < -0.4 is 10.1 Å². The number of carbonyl (C=O) groups excluding carboxylic acids is 1. The average molecular weight is 306 g/mol. The van der Waals surface area contributed by atoms with E-state index in [1.165, 1.54) is 0 Å². The molecule has 4 heteroatoms. The topological polar surface area (TPSA) is 51.2 Å². The molecular formula is C19H18N2O2. The van der Waals surface area contributed by atoms with Gasteiger partial charge in [0, 0.05) is 17.1 Å². The van der Waals surface area contributed by atoms with Crippen LogP contribution in [0.1, 0.15) is 21.5 Å². The van der Waals surface area contributed by atoms with Crippen molar-refractivity contribution in [2.45, 2.75) is 13.8 Å². The molecule has 3 aromatic rings. The van der Waals surface area contributed by atoms with Crippen LogP contribution in [0.5, 0.6) is 5.75 Å². The summed E-state index contributed by atoms with van der Waals surface area (Å²) in [5.74, 6) is 0.571. The minimum Gasteiger partial charge on any atom is -0.497 e. The van der Waals surface area contributed by atoms with Crippen LogP contribution in [0.15, 0.2) is 48.7 Å². The van der Waals surface area contributed by atoms with Gasteiger partial charge >= 0.3 is 0 Å². The molecule has 1 heterocycles. The largest absolute Gasteiger partial charge is 0.497 e. The fourth-order valence-corrected chi connectivity index (χ4v) is 2.66. The normalized spacial score (nSPS) is 10.6. The Hall–Kier alpha value is -2.88. The summed E-state index contributed by atoms with van der Waals surface area (Å²) in [6.07, 6.45) is 1.72. The van der Waals surface area contributed by atoms with E-state index in [0.717, 1.165) is 33.5 Å². The van der Waals surface area contributed by atoms with Crippen molar-refractivity contribution in [2.75, 3.05) is 12.4 Å². The summed E-state index contributed by atoms with van der Waals surface area (Å²) < 4.78 is 5.11. The van der Waals surface area contributed by atoms with E-state index in [1.807, 2.05) is 26.0 Å². The van der Waals surface area contributed by atoms with E-state index in [1.54, 1.807) is 37.6 Å². The number of benzene rings is 2. The Morgan fingerprint density at radius 3 is 2.52 bits per heavy atom. The average Bonchev–Trinajstić information content (AvgIpc) is 2.55. The smallest absolute Gasteiger partial charge is 0.255 e. The number of hydrogen-bond donors (Lipinski definition) is 1. The molecular weight excluding hydrogens is 288 g/mol. The number of aromatic nitrogens is 1. The summed E-state index contributed by atoms with van der Waals surface area (Å²) in [7, 11) is 1.60. The Labute approximate surface area is 135 Å². The lowest BCUT2D eigenvalue weighted by atomic mass is 10.1. The molecule has 0 radical (unpaired) electrons. The molecule has 0 saturated carbocycles. The number of nitrogens with zero attached hydrogens (tertiary/aromatic N) is 1. The van der Waals surface area contributed by atoms with Gasteiger partial charge in [0.05, 0.1) is 18.3 Å². The van der Waals surface area contributed by atoms with Gasteiger partial charge in [-0.2, -0.15) is 0 Å². The van der Waals surface area contributed by atoms with E-state index in [2.05, 4.69) is 16.4 Å². The number of carbonyl (C=O) groups is 1. The standard InChI is InChI=1S/C19H18N2O2/c1-12-10-13(2)18-16(11-12)17(8-9-20-18)21-19(22)14-4-6-15(23-3)7-5-14/h4-11H,1-3H3,(H,20,21,22). The zero-order valence-corrected chi connectivity index (χ0v) is 13.4. The second-order valence-electron chi connectivity index (χ2n) is 5.52. The highest BCUT2D eigenvalue weighted by Crippen LogP contribution is 2.26. The van der Waals surface area contributed by atoms with Gasteiger partial charge in [-0.3, -0.25) is 9.78 Å². The van der Waals surface area contributed by atoms with E-state index >= 15 is 0 Å². The van der Waals surface area contributed by atoms with E-state index in [-0.39, 0.29) is 5.91 Å². The van der Waals surface area contributed by atoms with Gasteiger partial charge in [0.15, 0.2) is 0 Å². The molecule has 4 nitrogen and oxygen atoms in total. The summed E-state index contributed by atoms with van der Waals surface area (Å²) in [6, 6.07) is 13.0. The van der Waals surface area contributed by atoms with E-state index in [9.17, 15) is 4.79 Å². The van der Waals surface area contributed by atoms with Gasteiger partial charge in [-0.05, 0) is 55.8 Å². The molecule has 0 fully saturated rings.